The van der Waals surface area contributed by atoms with Crippen molar-refractivity contribution in [2.75, 3.05) is 19.8 Å². The molecule has 0 saturated heterocycles. The topological polar surface area (TPSA) is 67.0 Å². The number of nitrogens with zero attached hydrogens (tertiary/aromatic N) is 1. The summed E-state index contributed by atoms with van der Waals surface area (Å²) in [5.41, 5.74) is 1.61. The standard InChI is InChI=1S/C15H19N3O2/c1-11(2)10-20-8-7-16-9-14-17-13-6-4-3-5-12(13)15(19)18-14/h3-6,16H,1,7-10H2,2H3,(H,17,18,19). The van der Waals surface area contributed by atoms with Crippen LogP contribution in [0.4, 0.5) is 0 Å². The predicted molar refractivity (Wildman–Crippen MR) is 79.7 cm³/mol. The lowest BCUT2D eigenvalue weighted by Crippen LogP contribution is -2.23. The molecule has 0 spiro atoms. The summed E-state index contributed by atoms with van der Waals surface area (Å²) in [5.74, 6) is 0.633. The average Bonchev–Trinajstić information content (AvgIpc) is 2.42. The number of benzene rings is 1. The molecule has 2 aromatic rings. The number of nitrogens with one attached hydrogen (secondary N) is 2. The largest absolute Gasteiger partial charge is 0.376 e. The van der Waals surface area contributed by atoms with E-state index < -0.39 is 0 Å². The summed E-state index contributed by atoms with van der Waals surface area (Å²) < 4.78 is 5.37. The van der Waals surface area contributed by atoms with Crippen LogP contribution in [-0.2, 0) is 11.3 Å². The summed E-state index contributed by atoms with van der Waals surface area (Å²) in [6.07, 6.45) is 0. The van der Waals surface area contributed by atoms with Gasteiger partial charge in [0.2, 0.25) is 0 Å². The van der Waals surface area contributed by atoms with Gasteiger partial charge < -0.3 is 15.0 Å². The maximum atomic E-state index is 11.9. The Kier molecular flexibility index (Phi) is 5.03. The maximum absolute atomic E-state index is 11.9. The molecular weight excluding hydrogens is 254 g/mol. The highest BCUT2D eigenvalue weighted by Crippen LogP contribution is 2.05. The number of rotatable bonds is 7. The maximum Gasteiger partial charge on any atom is 0.258 e. The third kappa shape index (κ3) is 4.01. The molecule has 5 nitrogen and oxygen atoms in total. The molecule has 2 rings (SSSR count). The molecule has 20 heavy (non-hydrogen) atoms. The van der Waals surface area contributed by atoms with Crippen LogP contribution in [0.3, 0.4) is 0 Å². The van der Waals surface area contributed by atoms with E-state index in [1.807, 2.05) is 25.1 Å². The molecule has 1 aromatic carbocycles. The van der Waals surface area contributed by atoms with Gasteiger partial charge in [-0.3, -0.25) is 4.79 Å². The van der Waals surface area contributed by atoms with E-state index in [2.05, 4.69) is 21.9 Å². The number of hydrogen-bond acceptors (Lipinski definition) is 4. The van der Waals surface area contributed by atoms with Crippen LogP contribution in [0.2, 0.25) is 0 Å². The summed E-state index contributed by atoms with van der Waals surface area (Å²) in [6.45, 7) is 8.08. The zero-order chi connectivity index (χ0) is 14.4. The SMILES string of the molecule is C=C(C)COCCNCc1nc2ccccc2c(=O)[nH]1. The van der Waals surface area contributed by atoms with Crippen LogP contribution < -0.4 is 10.9 Å². The van der Waals surface area contributed by atoms with Crippen LogP contribution in [-0.4, -0.2) is 29.7 Å². The predicted octanol–water partition coefficient (Wildman–Crippen LogP) is 1.61. The minimum Gasteiger partial charge on any atom is -0.376 e. The Morgan fingerprint density at radius 3 is 3.05 bits per heavy atom. The summed E-state index contributed by atoms with van der Waals surface area (Å²) in [4.78, 5) is 19.0. The van der Waals surface area contributed by atoms with Crippen molar-refractivity contribution in [2.45, 2.75) is 13.5 Å². The Morgan fingerprint density at radius 2 is 2.25 bits per heavy atom. The third-order valence-corrected chi connectivity index (χ3v) is 2.73. The molecule has 0 atom stereocenters. The van der Waals surface area contributed by atoms with Crippen molar-refractivity contribution in [3.8, 4) is 0 Å². The number of aromatic amines is 1. The highest BCUT2D eigenvalue weighted by atomic mass is 16.5. The van der Waals surface area contributed by atoms with Crippen LogP contribution in [0.5, 0.6) is 0 Å². The molecule has 0 saturated carbocycles. The van der Waals surface area contributed by atoms with Crippen molar-refractivity contribution in [1.29, 1.82) is 0 Å². The van der Waals surface area contributed by atoms with Crippen LogP contribution in [0.25, 0.3) is 10.9 Å². The Labute approximate surface area is 117 Å². The molecule has 1 heterocycles. The minimum atomic E-state index is -0.106. The smallest absolute Gasteiger partial charge is 0.258 e. The number of hydrogen-bond donors (Lipinski definition) is 2. The quantitative estimate of drug-likeness (QED) is 0.594. The molecule has 2 N–H and O–H groups in total. The summed E-state index contributed by atoms with van der Waals surface area (Å²) in [7, 11) is 0. The van der Waals surface area contributed by atoms with Crippen molar-refractivity contribution < 1.29 is 4.74 Å². The average molecular weight is 273 g/mol. The van der Waals surface area contributed by atoms with Crippen LogP contribution in [0, 0.1) is 0 Å². The molecule has 1 aromatic heterocycles. The zero-order valence-electron chi connectivity index (χ0n) is 11.6. The first-order chi connectivity index (χ1) is 9.66. The number of aromatic nitrogens is 2. The van der Waals surface area contributed by atoms with Gasteiger partial charge in [0, 0.05) is 6.54 Å². The Morgan fingerprint density at radius 1 is 1.45 bits per heavy atom. The van der Waals surface area contributed by atoms with Gasteiger partial charge >= 0.3 is 0 Å². The van der Waals surface area contributed by atoms with Gasteiger partial charge in [-0.05, 0) is 19.1 Å². The van der Waals surface area contributed by atoms with Crippen molar-refractivity contribution in [2.24, 2.45) is 0 Å². The van der Waals surface area contributed by atoms with Crippen LogP contribution in [0.1, 0.15) is 12.7 Å². The lowest BCUT2D eigenvalue weighted by atomic mass is 10.2. The first-order valence-electron chi connectivity index (χ1n) is 6.57. The summed E-state index contributed by atoms with van der Waals surface area (Å²) in [6, 6.07) is 7.31. The van der Waals surface area contributed by atoms with Crippen LogP contribution >= 0.6 is 0 Å². The van der Waals surface area contributed by atoms with Gasteiger partial charge in [0.15, 0.2) is 0 Å². The van der Waals surface area contributed by atoms with Crippen molar-refractivity contribution in [1.82, 2.24) is 15.3 Å². The molecule has 0 radical (unpaired) electrons. The molecule has 0 fully saturated rings. The fourth-order valence-electron chi connectivity index (χ4n) is 1.82. The van der Waals surface area contributed by atoms with E-state index in [-0.39, 0.29) is 5.56 Å². The van der Waals surface area contributed by atoms with Gasteiger partial charge in [-0.25, -0.2) is 4.98 Å². The molecule has 106 valence electrons. The van der Waals surface area contributed by atoms with Gasteiger partial charge in [-0.1, -0.05) is 24.3 Å². The summed E-state index contributed by atoms with van der Waals surface area (Å²) >= 11 is 0. The fourth-order valence-corrected chi connectivity index (χ4v) is 1.82. The van der Waals surface area contributed by atoms with Crippen molar-refractivity contribution in [3.05, 3.63) is 52.6 Å². The van der Waals surface area contributed by atoms with Crippen molar-refractivity contribution in [3.63, 3.8) is 0 Å². The summed E-state index contributed by atoms with van der Waals surface area (Å²) in [5, 5.41) is 3.79. The van der Waals surface area contributed by atoms with E-state index >= 15 is 0 Å². The second-order valence-electron chi connectivity index (χ2n) is 4.72. The second kappa shape index (κ2) is 6.98. The third-order valence-electron chi connectivity index (χ3n) is 2.73. The van der Waals surface area contributed by atoms with E-state index in [0.717, 1.165) is 5.57 Å². The number of H-pyrrole nitrogens is 1. The second-order valence-corrected chi connectivity index (χ2v) is 4.72. The number of fused-ring (bicyclic) bond motifs is 1. The monoisotopic (exact) mass is 273 g/mol. The van der Waals surface area contributed by atoms with E-state index in [0.29, 0.717) is 43.0 Å². The van der Waals surface area contributed by atoms with E-state index in [1.54, 1.807) is 6.07 Å². The minimum absolute atomic E-state index is 0.106. The lowest BCUT2D eigenvalue weighted by molar-refractivity contribution is 0.157. The van der Waals surface area contributed by atoms with Gasteiger partial charge in [-0.2, -0.15) is 0 Å². The molecule has 0 aliphatic carbocycles. The van der Waals surface area contributed by atoms with E-state index in [1.165, 1.54) is 0 Å². The normalized spacial score (nSPS) is 10.8. The van der Waals surface area contributed by atoms with E-state index in [9.17, 15) is 4.79 Å². The molecular formula is C15H19N3O2. The van der Waals surface area contributed by atoms with Crippen LogP contribution in [0.15, 0.2) is 41.2 Å². The molecule has 0 amide bonds. The molecule has 0 aliphatic rings. The highest BCUT2D eigenvalue weighted by Gasteiger charge is 2.02. The van der Waals surface area contributed by atoms with Gasteiger partial charge in [0.25, 0.3) is 5.56 Å². The van der Waals surface area contributed by atoms with Gasteiger partial charge in [-0.15, -0.1) is 0 Å². The molecule has 0 unspecified atom stereocenters. The lowest BCUT2D eigenvalue weighted by Gasteiger charge is -2.06. The van der Waals surface area contributed by atoms with E-state index in [4.69, 9.17) is 4.74 Å². The van der Waals surface area contributed by atoms with Crippen molar-refractivity contribution >= 4 is 10.9 Å². The first-order valence-corrected chi connectivity index (χ1v) is 6.57. The Bertz CT molecular complexity index is 649. The molecule has 0 aliphatic heterocycles. The Balaban J connectivity index is 1.87. The highest BCUT2D eigenvalue weighted by molar-refractivity contribution is 5.77. The van der Waals surface area contributed by atoms with Gasteiger partial charge in [0.05, 0.1) is 30.7 Å². The number of para-hydroxylation sites is 1. The zero-order valence-corrected chi connectivity index (χ0v) is 11.6. The first kappa shape index (κ1) is 14.4. The molecule has 5 heteroatoms. The van der Waals surface area contributed by atoms with Gasteiger partial charge in [0.1, 0.15) is 5.82 Å². The fraction of sp³-hybridized carbons (Fsp3) is 0.333. The Hall–Kier alpha value is -1.98. The number of ether oxygens (including phenoxy) is 1. The molecule has 0 bridgehead atoms.